The number of benzene rings is 9. The Kier molecular flexibility index (Phi) is 7.78. The summed E-state index contributed by atoms with van der Waals surface area (Å²) in [6.45, 7) is 0. The average Bonchev–Trinajstić information content (AvgIpc) is 3.65. The Labute approximate surface area is 329 Å². The number of rotatable bonds is 6. The highest BCUT2D eigenvalue weighted by Crippen LogP contribution is 2.42. The summed E-state index contributed by atoms with van der Waals surface area (Å²) in [6, 6.07) is 70.0. The van der Waals surface area contributed by atoms with Gasteiger partial charge in [0.1, 0.15) is 11.2 Å². The van der Waals surface area contributed by atoms with Crippen LogP contribution in [0.1, 0.15) is 0 Å². The number of hydrogen-bond acceptors (Lipinski definition) is 4. The van der Waals surface area contributed by atoms with Crippen LogP contribution in [0.3, 0.4) is 0 Å². The fraction of sp³-hybridized carbons (Fsp3) is 0. The third-order valence-corrected chi connectivity index (χ3v) is 10.9. The van der Waals surface area contributed by atoms with Crippen molar-refractivity contribution < 1.29 is 4.42 Å². The third kappa shape index (κ3) is 6.01. The summed E-state index contributed by atoms with van der Waals surface area (Å²) < 4.78 is 6.74. The highest BCUT2D eigenvalue weighted by molar-refractivity contribution is 6.16. The molecule has 9 aromatic carbocycles. The molecule has 0 saturated heterocycles. The van der Waals surface area contributed by atoms with Crippen molar-refractivity contribution in [2.45, 2.75) is 0 Å². The summed E-state index contributed by atoms with van der Waals surface area (Å²) in [5.41, 5.74) is 11.0. The van der Waals surface area contributed by atoms with Crippen molar-refractivity contribution in [1.29, 1.82) is 0 Å². The second kappa shape index (κ2) is 13.6. The maximum atomic E-state index is 6.74. The van der Waals surface area contributed by atoms with E-state index in [-0.39, 0.29) is 0 Å². The lowest BCUT2D eigenvalue weighted by atomic mass is 9.95. The van der Waals surface area contributed by atoms with Crippen LogP contribution in [0.2, 0.25) is 0 Å². The lowest BCUT2D eigenvalue weighted by Crippen LogP contribution is -2.00. The van der Waals surface area contributed by atoms with Gasteiger partial charge in [0.2, 0.25) is 0 Å². The molecule has 4 heteroatoms. The zero-order valence-electron chi connectivity index (χ0n) is 30.8. The van der Waals surface area contributed by atoms with E-state index < -0.39 is 0 Å². The highest BCUT2D eigenvalue weighted by Gasteiger charge is 2.20. The number of nitrogens with zero attached hydrogens (tertiary/aromatic N) is 3. The summed E-state index contributed by atoms with van der Waals surface area (Å²) in [4.78, 5) is 15.6. The number of furan rings is 1. The Balaban J connectivity index is 1.12. The van der Waals surface area contributed by atoms with E-state index in [0.717, 1.165) is 82.8 Å². The van der Waals surface area contributed by atoms with E-state index >= 15 is 0 Å². The Morgan fingerprint density at radius 2 is 0.772 bits per heavy atom. The van der Waals surface area contributed by atoms with Crippen molar-refractivity contribution >= 4 is 43.5 Å². The highest BCUT2D eigenvalue weighted by atomic mass is 16.3. The van der Waals surface area contributed by atoms with Gasteiger partial charge in [0.15, 0.2) is 17.5 Å². The van der Waals surface area contributed by atoms with Crippen LogP contribution in [0.25, 0.3) is 111 Å². The van der Waals surface area contributed by atoms with Crippen molar-refractivity contribution in [1.82, 2.24) is 15.0 Å². The quantitative estimate of drug-likeness (QED) is 0.171. The molecular weight excluding hydrogens is 695 g/mol. The molecule has 11 rings (SSSR count). The normalized spacial score (nSPS) is 11.5. The van der Waals surface area contributed by atoms with Gasteiger partial charge in [0, 0.05) is 27.5 Å². The predicted molar refractivity (Wildman–Crippen MR) is 235 cm³/mol. The molecule has 0 unspecified atom stereocenters. The second-order valence-electron chi connectivity index (χ2n) is 14.5. The monoisotopic (exact) mass is 727 g/mol. The molecule has 0 radical (unpaired) electrons. The Morgan fingerprint density at radius 1 is 0.281 bits per heavy atom. The van der Waals surface area contributed by atoms with Gasteiger partial charge < -0.3 is 4.42 Å². The Morgan fingerprint density at radius 3 is 1.49 bits per heavy atom. The van der Waals surface area contributed by atoms with E-state index in [4.69, 9.17) is 19.4 Å². The van der Waals surface area contributed by atoms with Gasteiger partial charge in [0.05, 0.1) is 0 Å². The molecule has 0 spiro atoms. The number of aromatic nitrogens is 3. The lowest BCUT2D eigenvalue weighted by Gasteiger charge is -2.12. The molecule has 0 atom stereocenters. The number of hydrogen-bond donors (Lipinski definition) is 0. The van der Waals surface area contributed by atoms with Gasteiger partial charge in [-0.2, -0.15) is 0 Å². The van der Waals surface area contributed by atoms with E-state index in [9.17, 15) is 0 Å². The van der Waals surface area contributed by atoms with E-state index in [1.165, 1.54) is 10.8 Å². The fourth-order valence-corrected chi connectivity index (χ4v) is 7.97. The topological polar surface area (TPSA) is 51.8 Å². The van der Waals surface area contributed by atoms with E-state index in [0.29, 0.717) is 17.5 Å². The van der Waals surface area contributed by atoms with Crippen molar-refractivity contribution in [2.75, 3.05) is 0 Å². The SMILES string of the molecule is c1ccc(-c2cccc(-c3cc(-c4nc(-c5ccccc5)nc(-c5ccc(-c6ccc7ccccc7c6)cc5)n4)c4c(c3)oc3cc5ccccc5cc34)c2)cc1. The average molecular weight is 728 g/mol. The van der Waals surface area contributed by atoms with Crippen LogP contribution < -0.4 is 0 Å². The lowest BCUT2D eigenvalue weighted by molar-refractivity contribution is 0.669. The molecule has 2 aromatic heterocycles. The maximum absolute atomic E-state index is 6.74. The van der Waals surface area contributed by atoms with Crippen molar-refractivity contribution in [2.24, 2.45) is 0 Å². The molecule has 266 valence electrons. The summed E-state index contributed by atoms with van der Waals surface area (Å²) in [6.07, 6.45) is 0. The van der Waals surface area contributed by atoms with Crippen molar-refractivity contribution in [3.63, 3.8) is 0 Å². The molecular formula is C53H33N3O. The molecule has 57 heavy (non-hydrogen) atoms. The maximum Gasteiger partial charge on any atom is 0.164 e. The minimum absolute atomic E-state index is 0.583. The van der Waals surface area contributed by atoms with Gasteiger partial charge >= 0.3 is 0 Å². The van der Waals surface area contributed by atoms with Crippen molar-refractivity contribution in [3.8, 4) is 67.5 Å². The Hall–Kier alpha value is -7.69. The molecule has 0 aliphatic rings. The smallest absolute Gasteiger partial charge is 0.164 e. The van der Waals surface area contributed by atoms with Crippen LogP contribution in [0.4, 0.5) is 0 Å². The van der Waals surface area contributed by atoms with Crippen LogP contribution in [-0.4, -0.2) is 15.0 Å². The second-order valence-corrected chi connectivity index (χ2v) is 14.5. The summed E-state index contributed by atoms with van der Waals surface area (Å²) in [5.74, 6) is 1.79. The van der Waals surface area contributed by atoms with Gasteiger partial charge in [-0.15, -0.1) is 0 Å². The van der Waals surface area contributed by atoms with Gasteiger partial charge in [-0.1, -0.05) is 164 Å². The number of fused-ring (bicyclic) bond motifs is 5. The van der Waals surface area contributed by atoms with Crippen molar-refractivity contribution in [3.05, 3.63) is 200 Å². The Bertz CT molecular complexity index is 3280. The molecule has 0 fully saturated rings. The van der Waals surface area contributed by atoms with Gasteiger partial charge in [-0.05, 0) is 91.3 Å². The first-order valence-corrected chi connectivity index (χ1v) is 19.2. The molecule has 0 aliphatic carbocycles. The van der Waals surface area contributed by atoms with E-state index in [2.05, 4.69) is 164 Å². The minimum Gasteiger partial charge on any atom is -0.456 e. The van der Waals surface area contributed by atoms with Crippen LogP contribution in [0, 0.1) is 0 Å². The van der Waals surface area contributed by atoms with Crippen LogP contribution in [-0.2, 0) is 0 Å². The molecule has 0 N–H and O–H groups in total. The van der Waals surface area contributed by atoms with Crippen LogP contribution in [0.15, 0.2) is 205 Å². The summed E-state index contributed by atoms with van der Waals surface area (Å²) in [7, 11) is 0. The van der Waals surface area contributed by atoms with Gasteiger partial charge in [-0.25, -0.2) is 15.0 Å². The molecule has 0 bridgehead atoms. The minimum atomic E-state index is 0.583. The summed E-state index contributed by atoms with van der Waals surface area (Å²) >= 11 is 0. The van der Waals surface area contributed by atoms with Crippen LogP contribution >= 0.6 is 0 Å². The molecule has 4 nitrogen and oxygen atoms in total. The first-order chi connectivity index (χ1) is 28.2. The van der Waals surface area contributed by atoms with Gasteiger partial charge in [0.25, 0.3) is 0 Å². The first-order valence-electron chi connectivity index (χ1n) is 19.2. The molecule has 0 aliphatic heterocycles. The van der Waals surface area contributed by atoms with Crippen LogP contribution in [0.5, 0.6) is 0 Å². The van der Waals surface area contributed by atoms with Gasteiger partial charge in [-0.3, -0.25) is 0 Å². The molecule has 11 aromatic rings. The first kappa shape index (κ1) is 32.7. The summed E-state index contributed by atoms with van der Waals surface area (Å²) in [5, 5.41) is 6.71. The third-order valence-electron chi connectivity index (χ3n) is 10.9. The van der Waals surface area contributed by atoms with E-state index in [1.807, 2.05) is 36.4 Å². The largest absolute Gasteiger partial charge is 0.456 e. The fourth-order valence-electron chi connectivity index (χ4n) is 7.97. The molecule has 0 amide bonds. The predicted octanol–water partition coefficient (Wildman–Crippen LogP) is 14.1. The van der Waals surface area contributed by atoms with E-state index in [1.54, 1.807) is 0 Å². The zero-order chi connectivity index (χ0) is 37.7. The zero-order valence-corrected chi connectivity index (χ0v) is 30.8. The molecule has 2 heterocycles. The standard InChI is InChI=1S/C53H33N3O/c1-3-12-34(13-4-1)40-20-11-21-41(28-40)45-31-47(50-46-30-42-18-9-10-19-43(42)32-48(46)57-49(50)33-45)53-55-51(37-15-5-2-6-16-37)54-52(56-53)38-25-22-36(23-26-38)44-27-24-35-14-7-8-17-39(35)29-44/h1-33H. The molecule has 0 saturated carbocycles.